The lowest BCUT2D eigenvalue weighted by molar-refractivity contribution is -0.384. The highest BCUT2D eigenvalue weighted by atomic mass is 32.2. The third-order valence-corrected chi connectivity index (χ3v) is 15.7. The fraction of sp³-hybridized carbons (Fsp3) is 0.0233. The van der Waals surface area contributed by atoms with Gasteiger partial charge in [0.05, 0.1) is 45.4 Å². The third-order valence-electron chi connectivity index (χ3n) is 11.3. The molecule has 1 aromatic heterocycles. The minimum Gasteiger partial charge on any atom is -0.505 e. The predicted octanol–water partition coefficient (Wildman–Crippen LogP) is 6.38. The molecule has 41 nitrogen and oxygen atoms in total. The molecule has 478 valence electrons. The molecule has 8 aromatic rings. The van der Waals surface area contributed by atoms with Crippen molar-refractivity contribution in [2.75, 3.05) is 12.8 Å². The lowest BCUT2D eigenvalue weighted by Gasteiger charge is -2.13. The van der Waals surface area contributed by atoms with Crippen molar-refractivity contribution in [1.82, 2.24) is 9.78 Å². The number of nitro groups is 1. The number of carboxylic acid groups (broad SMARTS) is 1. The number of aromatic carboxylic acids is 1. The van der Waals surface area contributed by atoms with Crippen molar-refractivity contribution in [2.24, 2.45) is 40.9 Å². The summed E-state index contributed by atoms with van der Waals surface area (Å²) < 4.78 is 232. The number of fused-ring (bicyclic) bond motifs is 2. The smallest absolute Gasteiger partial charge is 0.425 e. The molecule has 91 heavy (non-hydrogen) atoms. The van der Waals surface area contributed by atoms with Crippen LogP contribution in [0.3, 0.4) is 0 Å². The molecule has 0 aliphatic carbocycles. The Morgan fingerprint density at radius 3 is 1.59 bits per heavy atom. The zero-order chi connectivity index (χ0) is 68.2. The van der Waals surface area contributed by atoms with E-state index in [0.717, 1.165) is 78.9 Å². The molecule has 0 fully saturated rings. The lowest BCUT2D eigenvalue weighted by Crippen LogP contribution is -2.03. The highest BCUT2D eigenvalue weighted by molar-refractivity contribution is 7.87. The molecule has 0 saturated heterocycles. The van der Waals surface area contributed by atoms with Gasteiger partial charge in [-0.2, -0.15) is 57.0 Å². The number of nitrogens with two attached hydrogens (primary N) is 1. The van der Waals surface area contributed by atoms with E-state index in [2.05, 4.69) is 46.0 Å². The van der Waals surface area contributed by atoms with Crippen LogP contribution in [0.25, 0.3) is 27.2 Å². The Balaban J connectivity index is 0.00000155. The van der Waals surface area contributed by atoms with Gasteiger partial charge in [0.2, 0.25) is 11.6 Å². The van der Waals surface area contributed by atoms with Crippen LogP contribution in [0.2, 0.25) is 0 Å². The summed E-state index contributed by atoms with van der Waals surface area (Å²) in [5.74, 6) is -5.19. The van der Waals surface area contributed by atoms with E-state index in [1.165, 1.54) is 7.11 Å². The largest absolute Gasteiger partial charge is 0.505 e. The number of carbonyl (C=O) groups is 1. The molecule has 7 aromatic carbocycles. The molecule has 48 heteroatoms. The number of ether oxygens (including phenoxy) is 1. The number of aromatic hydroxyl groups is 3. The number of phenolic OH excluding ortho intramolecular Hbond substituents is 2. The second-order valence-electron chi connectivity index (χ2n) is 16.8. The van der Waals surface area contributed by atoms with Crippen LogP contribution >= 0.6 is 0 Å². The van der Waals surface area contributed by atoms with Gasteiger partial charge in [0, 0.05) is 22.2 Å². The van der Waals surface area contributed by atoms with Crippen molar-refractivity contribution in [3.63, 3.8) is 0 Å². The highest BCUT2D eigenvalue weighted by Gasteiger charge is 2.30. The molecule has 0 bridgehead atoms. The normalized spacial score (nSPS) is 12.3. The zero-order valence-electron chi connectivity index (χ0n) is 43.8. The van der Waals surface area contributed by atoms with Gasteiger partial charge in [0.15, 0.2) is 22.9 Å². The first kappa shape index (κ1) is 69.4. The number of hydrogen-bond acceptors (Lipinski definition) is 33. The van der Waals surface area contributed by atoms with Crippen LogP contribution < -0.4 is 10.5 Å². The maximum absolute atomic E-state index is 13.1. The molecular weight excluding hydrogens is 1370 g/mol. The van der Waals surface area contributed by atoms with Gasteiger partial charge in [0.1, 0.15) is 53.7 Å². The van der Waals surface area contributed by atoms with Gasteiger partial charge in [-0.25, -0.2) is 4.79 Å². The second-order valence-corrected chi connectivity index (χ2v) is 24.6. The summed E-state index contributed by atoms with van der Waals surface area (Å²) in [4.78, 5) is 17.1. The number of hydrogen-bond donors (Lipinski definition) is 10. The van der Waals surface area contributed by atoms with Crippen LogP contribution in [0.4, 0.5) is 56.9 Å². The number of nitrogens with zero attached hydrogens (tertiary/aromatic N) is 11. The van der Waals surface area contributed by atoms with E-state index in [1.54, 1.807) is 0 Å². The summed E-state index contributed by atoms with van der Waals surface area (Å²) >= 11 is 0. The fourth-order valence-corrected chi connectivity index (χ4v) is 10.9. The fourth-order valence-electron chi connectivity index (χ4n) is 7.59. The Hall–Kier alpha value is -10.7. The van der Waals surface area contributed by atoms with E-state index >= 15 is 0 Å². The molecule has 0 atom stereocenters. The van der Waals surface area contributed by atoms with Gasteiger partial charge in [-0.15, -0.1) is 61.1 Å². The van der Waals surface area contributed by atoms with Crippen LogP contribution in [0.5, 0.6) is 23.1 Å². The van der Waals surface area contributed by atoms with Crippen molar-refractivity contribution in [3.05, 3.63) is 113 Å². The van der Waals surface area contributed by atoms with Crippen molar-refractivity contribution in [3.8, 4) is 28.8 Å². The van der Waals surface area contributed by atoms with Crippen molar-refractivity contribution >= 4 is 156 Å². The number of non-ortho nitro benzene ring substituents is 1. The summed E-state index contributed by atoms with van der Waals surface area (Å²) in [6.07, 6.45) is 0. The van der Waals surface area contributed by atoms with Gasteiger partial charge in [-0.1, -0.05) is 6.07 Å². The first-order valence-corrected chi connectivity index (χ1v) is 31.9. The van der Waals surface area contributed by atoms with Gasteiger partial charge < -0.3 is 30.9 Å². The Labute approximate surface area is 508 Å². The average molecular weight is 1400 g/mol. The van der Waals surface area contributed by atoms with E-state index in [-0.39, 0.29) is 22.8 Å². The molecule has 0 saturated carbocycles. The van der Waals surface area contributed by atoms with Crippen molar-refractivity contribution in [2.45, 2.75) is 24.5 Å². The quantitative estimate of drug-likeness (QED) is 0.0155. The van der Waals surface area contributed by atoms with E-state index < -0.39 is 197 Å². The van der Waals surface area contributed by atoms with Crippen LogP contribution in [0, 0.1) is 10.1 Å². The van der Waals surface area contributed by atoms with Gasteiger partial charge in [-0.05, 0) is 78.9 Å². The number of methoxy groups -OCH3 is 1. The first-order valence-electron chi connectivity index (χ1n) is 22.7. The van der Waals surface area contributed by atoms with E-state index in [0.29, 0.717) is 22.9 Å². The van der Waals surface area contributed by atoms with Gasteiger partial charge >= 0.3 is 27.2 Å². The number of rotatable bonds is 17. The van der Waals surface area contributed by atoms with E-state index in [9.17, 15) is 100 Å². The van der Waals surface area contributed by atoms with Crippen molar-refractivity contribution in [1.29, 1.82) is 0 Å². The number of benzene rings is 7. The number of phenols is 2. The Morgan fingerprint density at radius 1 is 0.549 bits per heavy atom. The number of carboxylic acids is 1. The maximum atomic E-state index is 13.1. The predicted molar refractivity (Wildman–Crippen MR) is 299 cm³/mol. The number of nitro benzene ring substituents is 1. The molecule has 0 aliphatic heterocycles. The first-order chi connectivity index (χ1) is 42.1. The van der Waals surface area contributed by atoms with Gasteiger partial charge in [0.25, 0.3) is 56.3 Å². The highest BCUT2D eigenvalue weighted by Crippen LogP contribution is 2.49. The minimum absolute atomic E-state index is 0.0824. The molecule has 1 heterocycles. The standard InChI is InChI=1S/C43H30N12O23S5.2O3S/c1-78-30-15-20(55(61)62)5-11-25(30)46-48-27-12-9-23-31(80(66,67)68)17-29(35(44)34(23)40(27)57)50-49-28-13-8-22-24(41(28)83(75,76)77)16-33(82(72,73)74)36(39(22)56)51-45-18-2-10-26(32(14-18)81(69,70)71)47-52-37-38(43(59)60)53-54(42(37)58)19-3-6-21(7-4-19)79(63,64)65;2*1-4(2)3/h2-17,56-58H,44H2,1H3,(H,59,60)(H,63,64,65)(H,66,67,68)(H,69,70,71)(H,72,73,74)(H,75,76,77);;. The summed E-state index contributed by atoms with van der Waals surface area (Å²) in [6, 6.07) is 13.8. The molecule has 0 radical (unpaired) electrons. The average Bonchev–Trinajstić information content (AvgIpc) is 1.84. The number of aromatic nitrogens is 2. The topological polar surface area (TPSA) is 667 Å². The SMILES string of the molecule is COc1cc([N+](=O)[O-])ccc1N=Nc1ccc2c(S(=O)(=O)O)cc(N=Nc3ccc4c(O)c(N=Nc5ccc(N=Nc6c(C(=O)O)nn(-c7ccc(S(=O)(=O)O)cc7)c6O)c(S(=O)(=O)O)c5)c(S(=O)(=O)O)cc4c3S(=O)(=O)O)c(N)c2c1O.O=S(=O)=O.O=S(=O)=O. The summed E-state index contributed by atoms with van der Waals surface area (Å²) in [7, 11) is -31.6. The molecule has 0 spiro atoms. The monoisotopic (exact) mass is 1400 g/mol. The zero-order valence-corrected chi connectivity index (χ0v) is 49.5. The number of nitrogen functional groups attached to an aromatic ring is 1. The Bertz CT molecular complexity index is 5340. The third kappa shape index (κ3) is 16.2. The minimum atomic E-state index is -5.65. The molecule has 0 unspecified atom stereocenters. The Morgan fingerprint density at radius 2 is 1.05 bits per heavy atom. The van der Waals surface area contributed by atoms with Crippen LogP contribution in [0.1, 0.15) is 10.5 Å². The van der Waals surface area contributed by atoms with Crippen LogP contribution in [-0.4, -0.2) is 138 Å². The van der Waals surface area contributed by atoms with Gasteiger partial charge in [-0.3, -0.25) is 32.9 Å². The Kier molecular flexibility index (Phi) is 20.3. The number of azo groups is 4. The lowest BCUT2D eigenvalue weighted by atomic mass is 10.1. The van der Waals surface area contributed by atoms with E-state index in [4.69, 9.17) is 35.7 Å². The number of anilines is 1. The second kappa shape index (κ2) is 26.6. The summed E-state index contributed by atoms with van der Waals surface area (Å²) in [5.41, 5.74) is -1.50. The van der Waals surface area contributed by atoms with E-state index in [1.807, 2.05) is 0 Å². The molecule has 8 rings (SSSR count). The molecule has 0 aliphatic rings. The molecular formula is C43H30N12O29S7. The molecule has 0 amide bonds. The van der Waals surface area contributed by atoms with Crippen molar-refractivity contribution < 1.29 is 125 Å². The summed E-state index contributed by atoms with van der Waals surface area (Å²) in [6.45, 7) is 0. The summed E-state index contributed by atoms with van der Waals surface area (Å²) in [5, 5.41) is 85.4. The molecule has 11 N–H and O–H groups in total. The van der Waals surface area contributed by atoms with Crippen LogP contribution in [0.15, 0.2) is 162 Å². The van der Waals surface area contributed by atoms with Crippen LogP contribution in [-0.2, 0) is 71.8 Å². The maximum Gasteiger partial charge on any atom is 0.425 e.